The molecule has 0 fully saturated rings. The van der Waals surface area contributed by atoms with Crippen LogP contribution in [-0.4, -0.2) is 27.1 Å². The Bertz CT molecular complexity index is 1120. The predicted octanol–water partition coefficient (Wildman–Crippen LogP) is 4.67. The lowest BCUT2D eigenvalue weighted by Gasteiger charge is -2.21. The fourth-order valence-corrected chi connectivity index (χ4v) is 3.25. The van der Waals surface area contributed by atoms with E-state index in [2.05, 4.69) is 15.7 Å². The molecule has 3 aromatic rings. The summed E-state index contributed by atoms with van der Waals surface area (Å²) in [5.41, 5.74) is 4.13. The van der Waals surface area contributed by atoms with E-state index in [9.17, 15) is 9.59 Å². The Labute approximate surface area is 183 Å². The zero-order valence-electron chi connectivity index (χ0n) is 18.6. The molecule has 160 valence electrons. The average Bonchev–Trinajstić information content (AvgIpc) is 3.00. The topological polar surface area (TPSA) is 76.0 Å². The van der Waals surface area contributed by atoms with Crippen molar-refractivity contribution in [3.8, 4) is 5.69 Å². The molecule has 2 amide bonds. The molecule has 0 aliphatic carbocycles. The van der Waals surface area contributed by atoms with Crippen molar-refractivity contribution in [1.29, 1.82) is 0 Å². The number of rotatable bonds is 5. The van der Waals surface area contributed by atoms with Crippen LogP contribution >= 0.6 is 0 Å². The molecule has 0 radical (unpaired) electrons. The molecule has 3 rings (SSSR count). The molecule has 0 spiro atoms. The quantitative estimate of drug-likeness (QED) is 0.594. The number of amides is 2. The molecule has 0 aliphatic heterocycles. The minimum Gasteiger partial charge on any atom is -0.347 e. The van der Waals surface area contributed by atoms with E-state index in [4.69, 9.17) is 0 Å². The normalized spacial score (nSPS) is 11.5. The second-order valence-corrected chi connectivity index (χ2v) is 8.40. The standard InChI is InChI=1S/C25H28N4O2/c1-17-20(18(2)29(28-17)19-11-7-6-8-12-19)15-16-23(30)26-22-14-10-9-13-21(22)24(31)27-25(3,4)5/h6-16H,1-5H3,(H,26,30)(H,27,31)/b16-15+. The Hall–Kier alpha value is -3.67. The molecule has 6 nitrogen and oxygen atoms in total. The van der Waals surface area contributed by atoms with Gasteiger partial charge in [0.25, 0.3) is 5.91 Å². The van der Waals surface area contributed by atoms with Gasteiger partial charge in [0.2, 0.25) is 5.91 Å². The van der Waals surface area contributed by atoms with E-state index in [0.717, 1.165) is 22.6 Å². The Morgan fingerprint density at radius 3 is 2.29 bits per heavy atom. The highest BCUT2D eigenvalue weighted by Crippen LogP contribution is 2.20. The van der Waals surface area contributed by atoms with E-state index in [-0.39, 0.29) is 17.4 Å². The van der Waals surface area contributed by atoms with Gasteiger partial charge in [0.05, 0.1) is 22.6 Å². The molecular weight excluding hydrogens is 388 g/mol. The molecule has 0 aliphatic rings. The summed E-state index contributed by atoms with van der Waals surface area (Å²) in [6.45, 7) is 9.62. The Balaban J connectivity index is 1.78. The molecule has 0 bridgehead atoms. The van der Waals surface area contributed by atoms with Crippen LogP contribution in [-0.2, 0) is 4.79 Å². The van der Waals surface area contributed by atoms with Crippen molar-refractivity contribution in [2.75, 3.05) is 5.32 Å². The van der Waals surface area contributed by atoms with Crippen LogP contribution in [0.2, 0.25) is 0 Å². The van der Waals surface area contributed by atoms with Gasteiger partial charge in [-0.25, -0.2) is 4.68 Å². The van der Waals surface area contributed by atoms with Crippen molar-refractivity contribution >= 4 is 23.6 Å². The number of carbonyl (C=O) groups is 2. The third-order valence-electron chi connectivity index (χ3n) is 4.67. The number of aromatic nitrogens is 2. The van der Waals surface area contributed by atoms with Crippen LogP contribution in [0.5, 0.6) is 0 Å². The Kier molecular flexibility index (Phi) is 6.39. The zero-order chi connectivity index (χ0) is 22.6. The van der Waals surface area contributed by atoms with Gasteiger partial charge in [-0.2, -0.15) is 5.10 Å². The second-order valence-electron chi connectivity index (χ2n) is 8.40. The van der Waals surface area contributed by atoms with Gasteiger partial charge >= 0.3 is 0 Å². The summed E-state index contributed by atoms with van der Waals surface area (Å²) >= 11 is 0. The third kappa shape index (κ3) is 5.48. The lowest BCUT2D eigenvalue weighted by molar-refractivity contribution is -0.111. The van der Waals surface area contributed by atoms with E-state index in [1.54, 1.807) is 30.3 Å². The van der Waals surface area contributed by atoms with Crippen LogP contribution in [0.25, 0.3) is 11.8 Å². The number of hydrogen-bond donors (Lipinski definition) is 2. The van der Waals surface area contributed by atoms with Gasteiger partial charge in [-0.15, -0.1) is 0 Å². The highest BCUT2D eigenvalue weighted by Gasteiger charge is 2.18. The zero-order valence-corrected chi connectivity index (χ0v) is 18.6. The molecule has 2 aromatic carbocycles. The summed E-state index contributed by atoms with van der Waals surface area (Å²) in [6.07, 6.45) is 3.22. The van der Waals surface area contributed by atoms with Crippen LogP contribution < -0.4 is 10.6 Å². The predicted molar refractivity (Wildman–Crippen MR) is 124 cm³/mol. The maximum atomic E-state index is 12.6. The number of nitrogens with zero attached hydrogens (tertiary/aromatic N) is 2. The summed E-state index contributed by atoms with van der Waals surface area (Å²) in [5.74, 6) is -0.550. The monoisotopic (exact) mass is 416 g/mol. The van der Waals surface area contributed by atoms with Crippen LogP contribution in [0.1, 0.15) is 48.1 Å². The highest BCUT2D eigenvalue weighted by atomic mass is 16.2. The van der Waals surface area contributed by atoms with Gasteiger partial charge in [-0.1, -0.05) is 30.3 Å². The molecule has 2 N–H and O–H groups in total. The smallest absolute Gasteiger partial charge is 0.253 e. The fraction of sp³-hybridized carbons (Fsp3) is 0.240. The van der Waals surface area contributed by atoms with Crippen molar-refractivity contribution in [3.05, 3.63) is 83.2 Å². The van der Waals surface area contributed by atoms with Crippen molar-refractivity contribution in [3.63, 3.8) is 0 Å². The molecule has 6 heteroatoms. The number of para-hydroxylation sites is 2. The third-order valence-corrected chi connectivity index (χ3v) is 4.67. The number of anilines is 1. The number of hydrogen-bond acceptors (Lipinski definition) is 3. The van der Waals surface area contributed by atoms with Crippen molar-refractivity contribution in [2.24, 2.45) is 0 Å². The largest absolute Gasteiger partial charge is 0.347 e. The lowest BCUT2D eigenvalue weighted by Crippen LogP contribution is -2.40. The van der Waals surface area contributed by atoms with Crippen molar-refractivity contribution in [1.82, 2.24) is 15.1 Å². The van der Waals surface area contributed by atoms with Crippen LogP contribution in [0.4, 0.5) is 5.69 Å². The molecule has 0 atom stereocenters. The van der Waals surface area contributed by atoms with Gasteiger partial charge in [0, 0.05) is 22.9 Å². The minimum absolute atomic E-state index is 0.233. The molecule has 0 saturated carbocycles. The average molecular weight is 417 g/mol. The summed E-state index contributed by atoms with van der Waals surface area (Å²) in [7, 11) is 0. The van der Waals surface area contributed by atoms with Crippen LogP contribution in [0, 0.1) is 13.8 Å². The number of benzene rings is 2. The summed E-state index contributed by atoms with van der Waals surface area (Å²) in [5, 5.41) is 10.3. The van der Waals surface area contributed by atoms with Gasteiger partial charge in [-0.05, 0) is 65.0 Å². The molecule has 0 unspecified atom stereocenters. The first-order valence-corrected chi connectivity index (χ1v) is 10.2. The van der Waals surface area contributed by atoms with Crippen LogP contribution in [0.3, 0.4) is 0 Å². The molecule has 1 heterocycles. The maximum Gasteiger partial charge on any atom is 0.253 e. The van der Waals surface area contributed by atoms with Crippen molar-refractivity contribution < 1.29 is 9.59 Å². The molecular formula is C25H28N4O2. The van der Waals surface area contributed by atoms with Gasteiger partial charge in [0.1, 0.15) is 0 Å². The number of nitrogens with one attached hydrogen (secondary N) is 2. The van der Waals surface area contributed by atoms with Gasteiger partial charge in [0.15, 0.2) is 0 Å². The summed E-state index contributed by atoms with van der Waals surface area (Å²) in [4.78, 5) is 25.2. The second kappa shape index (κ2) is 9.00. The number of carbonyl (C=O) groups excluding carboxylic acids is 2. The summed E-state index contributed by atoms with van der Waals surface area (Å²) in [6, 6.07) is 16.8. The first-order chi connectivity index (χ1) is 14.7. The first kappa shape index (κ1) is 22.0. The van der Waals surface area contributed by atoms with E-state index < -0.39 is 0 Å². The molecule has 1 aromatic heterocycles. The number of aryl methyl sites for hydroxylation is 1. The minimum atomic E-state index is -0.373. The fourth-order valence-electron chi connectivity index (χ4n) is 3.25. The first-order valence-electron chi connectivity index (χ1n) is 10.2. The van der Waals surface area contributed by atoms with E-state index in [1.807, 2.05) is 69.6 Å². The Morgan fingerprint density at radius 1 is 0.968 bits per heavy atom. The lowest BCUT2D eigenvalue weighted by atomic mass is 10.1. The van der Waals surface area contributed by atoms with Gasteiger partial charge < -0.3 is 10.6 Å². The van der Waals surface area contributed by atoms with Crippen molar-refractivity contribution in [2.45, 2.75) is 40.2 Å². The summed E-state index contributed by atoms with van der Waals surface area (Å²) < 4.78 is 1.86. The van der Waals surface area contributed by atoms with E-state index in [1.165, 1.54) is 6.08 Å². The SMILES string of the molecule is Cc1nn(-c2ccccc2)c(C)c1/C=C/C(=O)Nc1ccccc1C(=O)NC(C)(C)C. The van der Waals surface area contributed by atoms with E-state index in [0.29, 0.717) is 11.3 Å². The molecule has 31 heavy (non-hydrogen) atoms. The van der Waals surface area contributed by atoms with Gasteiger partial charge in [-0.3, -0.25) is 9.59 Å². The van der Waals surface area contributed by atoms with Crippen LogP contribution in [0.15, 0.2) is 60.7 Å². The highest BCUT2D eigenvalue weighted by molar-refractivity contribution is 6.07. The maximum absolute atomic E-state index is 12.6. The molecule has 0 saturated heterocycles. The Morgan fingerprint density at radius 2 is 1.61 bits per heavy atom. The van der Waals surface area contributed by atoms with E-state index >= 15 is 0 Å².